The van der Waals surface area contributed by atoms with E-state index in [2.05, 4.69) is 4.98 Å². The Morgan fingerprint density at radius 2 is 1.87 bits per heavy atom. The Morgan fingerprint density at radius 1 is 1.09 bits per heavy atom. The maximum Gasteiger partial charge on any atom is 0.261 e. The summed E-state index contributed by atoms with van der Waals surface area (Å²) in [5, 5.41) is 10.3. The van der Waals surface area contributed by atoms with Crippen LogP contribution in [0.1, 0.15) is 11.7 Å². The van der Waals surface area contributed by atoms with Crippen LogP contribution in [-0.2, 0) is 6.54 Å². The van der Waals surface area contributed by atoms with Gasteiger partial charge in [0.1, 0.15) is 5.82 Å². The minimum absolute atomic E-state index is 0.134. The largest absolute Gasteiger partial charge is 0.387 e. The lowest BCUT2D eigenvalue weighted by Gasteiger charge is -2.13. The Balaban J connectivity index is 1.94. The molecule has 4 nitrogen and oxygen atoms in total. The van der Waals surface area contributed by atoms with Gasteiger partial charge < -0.3 is 5.11 Å². The zero-order chi connectivity index (χ0) is 16.6. The van der Waals surface area contributed by atoms with Crippen molar-refractivity contribution >= 4 is 10.9 Å². The van der Waals surface area contributed by atoms with Crippen molar-refractivity contribution in [1.82, 2.24) is 9.55 Å². The average Bonchev–Trinajstić information content (AvgIpc) is 2.52. The van der Waals surface area contributed by atoms with Crippen molar-refractivity contribution in [2.75, 3.05) is 0 Å². The molecule has 0 saturated heterocycles. The van der Waals surface area contributed by atoms with E-state index in [-0.39, 0.29) is 23.0 Å². The molecule has 2 aromatic carbocycles. The minimum atomic E-state index is -1.22. The van der Waals surface area contributed by atoms with Gasteiger partial charge in [0.15, 0.2) is 11.6 Å². The maximum atomic E-state index is 13.2. The molecular formula is C16H11F3N2O2. The normalized spacial score (nSPS) is 12.5. The van der Waals surface area contributed by atoms with Crippen molar-refractivity contribution in [3.63, 3.8) is 0 Å². The first kappa shape index (κ1) is 15.2. The molecule has 0 radical (unpaired) electrons. The summed E-state index contributed by atoms with van der Waals surface area (Å²) in [7, 11) is 0. The number of rotatable bonds is 3. The molecule has 0 bridgehead atoms. The summed E-state index contributed by atoms with van der Waals surface area (Å²) in [6, 6.07) is 6.58. The molecule has 0 aliphatic heterocycles. The number of hydrogen-bond acceptors (Lipinski definition) is 3. The quantitative estimate of drug-likeness (QED) is 0.807. The van der Waals surface area contributed by atoms with Gasteiger partial charge in [0, 0.05) is 6.07 Å². The minimum Gasteiger partial charge on any atom is -0.387 e. The summed E-state index contributed by atoms with van der Waals surface area (Å²) in [5.41, 5.74) is -0.125. The maximum absolute atomic E-state index is 13.2. The molecule has 7 heteroatoms. The van der Waals surface area contributed by atoms with Crippen LogP contribution >= 0.6 is 0 Å². The van der Waals surface area contributed by atoms with Crippen LogP contribution in [0, 0.1) is 17.5 Å². The molecule has 3 aromatic rings. The molecule has 0 amide bonds. The summed E-state index contributed by atoms with van der Waals surface area (Å²) in [5.74, 6) is -2.61. The first-order valence-electron chi connectivity index (χ1n) is 6.73. The van der Waals surface area contributed by atoms with Gasteiger partial charge in [-0.3, -0.25) is 9.36 Å². The molecule has 118 valence electrons. The second-order valence-corrected chi connectivity index (χ2v) is 5.05. The van der Waals surface area contributed by atoms with E-state index in [0.29, 0.717) is 0 Å². The summed E-state index contributed by atoms with van der Waals surface area (Å²) < 4.78 is 40.4. The Morgan fingerprint density at radius 3 is 2.61 bits per heavy atom. The second-order valence-electron chi connectivity index (χ2n) is 5.05. The van der Waals surface area contributed by atoms with Crippen molar-refractivity contribution in [2.24, 2.45) is 0 Å². The molecule has 0 aliphatic rings. The number of benzene rings is 2. The number of aliphatic hydroxyl groups is 1. The van der Waals surface area contributed by atoms with Gasteiger partial charge in [-0.15, -0.1) is 0 Å². The van der Waals surface area contributed by atoms with Crippen LogP contribution in [0.2, 0.25) is 0 Å². The highest BCUT2D eigenvalue weighted by atomic mass is 19.2. The summed E-state index contributed by atoms with van der Waals surface area (Å²) in [6.45, 7) is -0.190. The third-order valence-corrected chi connectivity index (χ3v) is 3.49. The predicted molar refractivity (Wildman–Crippen MR) is 77.3 cm³/mol. The van der Waals surface area contributed by atoms with Gasteiger partial charge in [0.2, 0.25) is 0 Å². The van der Waals surface area contributed by atoms with Gasteiger partial charge in [0.25, 0.3) is 5.56 Å². The average molecular weight is 320 g/mol. The second kappa shape index (κ2) is 5.85. The van der Waals surface area contributed by atoms with Crippen molar-refractivity contribution in [3.05, 3.63) is 76.1 Å². The number of fused-ring (bicyclic) bond motifs is 1. The number of halogens is 3. The summed E-state index contributed by atoms with van der Waals surface area (Å²) >= 11 is 0. The summed E-state index contributed by atoms with van der Waals surface area (Å²) in [4.78, 5) is 16.2. The molecule has 3 rings (SSSR count). The first-order chi connectivity index (χ1) is 11.0. The lowest BCUT2D eigenvalue weighted by atomic mass is 10.1. The Bertz CT molecular complexity index is 940. The topological polar surface area (TPSA) is 55.1 Å². The fourth-order valence-electron chi connectivity index (χ4n) is 2.27. The van der Waals surface area contributed by atoms with Crippen molar-refractivity contribution < 1.29 is 18.3 Å². The zero-order valence-corrected chi connectivity index (χ0v) is 11.7. The highest BCUT2D eigenvalue weighted by molar-refractivity contribution is 5.77. The summed E-state index contributed by atoms with van der Waals surface area (Å²) in [6.07, 6.45) is -0.0461. The lowest BCUT2D eigenvalue weighted by molar-refractivity contribution is 0.154. The van der Waals surface area contributed by atoms with E-state index < -0.39 is 29.1 Å². The highest BCUT2D eigenvalue weighted by Crippen LogP contribution is 2.18. The SMILES string of the molecule is O=c1c2ccc(F)cc2ncn1CC(O)c1ccc(F)c(F)c1. The molecule has 1 aromatic heterocycles. The van der Waals surface area contributed by atoms with E-state index in [1.807, 2.05) is 0 Å². The molecule has 0 saturated carbocycles. The fourth-order valence-corrected chi connectivity index (χ4v) is 2.27. The molecule has 23 heavy (non-hydrogen) atoms. The fraction of sp³-hybridized carbons (Fsp3) is 0.125. The van der Waals surface area contributed by atoms with Gasteiger partial charge in [-0.05, 0) is 29.8 Å². The number of aliphatic hydroxyl groups excluding tert-OH is 1. The van der Waals surface area contributed by atoms with Gasteiger partial charge in [-0.2, -0.15) is 0 Å². The molecular weight excluding hydrogens is 309 g/mol. The molecule has 0 fully saturated rings. The standard InChI is InChI=1S/C16H11F3N2O2/c17-10-2-3-11-14(6-10)20-8-21(16(11)23)7-15(22)9-1-4-12(18)13(19)5-9/h1-6,8,15,22H,7H2. The predicted octanol–water partition coefficient (Wildman–Crippen LogP) is 2.55. The van der Waals surface area contributed by atoms with Crippen LogP contribution in [-0.4, -0.2) is 14.7 Å². The van der Waals surface area contributed by atoms with E-state index in [1.165, 1.54) is 18.5 Å². The molecule has 1 unspecified atom stereocenters. The van der Waals surface area contributed by atoms with E-state index in [9.17, 15) is 23.1 Å². The van der Waals surface area contributed by atoms with E-state index in [0.717, 1.165) is 28.8 Å². The zero-order valence-electron chi connectivity index (χ0n) is 11.7. The van der Waals surface area contributed by atoms with E-state index >= 15 is 0 Å². The molecule has 0 aliphatic carbocycles. The molecule has 1 atom stereocenters. The van der Waals surface area contributed by atoms with Crippen LogP contribution < -0.4 is 5.56 Å². The molecule has 0 spiro atoms. The van der Waals surface area contributed by atoms with Gasteiger partial charge in [0.05, 0.1) is 29.9 Å². The third kappa shape index (κ3) is 2.95. The monoisotopic (exact) mass is 320 g/mol. The van der Waals surface area contributed by atoms with Gasteiger partial charge in [-0.1, -0.05) is 6.07 Å². The van der Waals surface area contributed by atoms with Crippen LogP contribution in [0.25, 0.3) is 10.9 Å². The lowest BCUT2D eigenvalue weighted by Crippen LogP contribution is -2.24. The first-order valence-corrected chi connectivity index (χ1v) is 6.73. The van der Waals surface area contributed by atoms with E-state index in [1.54, 1.807) is 0 Å². The number of aromatic nitrogens is 2. The Hall–Kier alpha value is -2.67. The van der Waals surface area contributed by atoms with Crippen molar-refractivity contribution in [2.45, 2.75) is 12.6 Å². The smallest absolute Gasteiger partial charge is 0.261 e. The van der Waals surface area contributed by atoms with Gasteiger partial charge in [-0.25, -0.2) is 18.2 Å². The highest BCUT2D eigenvalue weighted by Gasteiger charge is 2.13. The molecule has 1 N–H and O–H groups in total. The van der Waals surface area contributed by atoms with Gasteiger partial charge >= 0.3 is 0 Å². The van der Waals surface area contributed by atoms with Crippen LogP contribution in [0.3, 0.4) is 0 Å². The van der Waals surface area contributed by atoms with Crippen LogP contribution in [0.15, 0.2) is 47.5 Å². The van der Waals surface area contributed by atoms with Crippen LogP contribution in [0.4, 0.5) is 13.2 Å². The van der Waals surface area contributed by atoms with E-state index in [4.69, 9.17) is 0 Å². The van der Waals surface area contributed by atoms with Crippen molar-refractivity contribution in [3.8, 4) is 0 Å². The number of nitrogens with zero attached hydrogens (tertiary/aromatic N) is 2. The number of hydrogen-bond donors (Lipinski definition) is 1. The van der Waals surface area contributed by atoms with Crippen LogP contribution in [0.5, 0.6) is 0 Å². The third-order valence-electron chi connectivity index (χ3n) is 3.49. The Kier molecular flexibility index (Phi) is 3.87. The Labute approximate surface area is 128 Å². The van der Waals surface area contributed by atoms with Crippen molar-refractivity contribution in [1.29, 1.82) is 0 Å². The molecule has 1 heterocycles.